The van der Waals surface area contributed by atoms with Crippen molar-refractivity contribution in [3.8, 4) is 0 Å². The Labute approximate surface area is 115 Å². The molecule has 1 fully saturated rings. The maximum Gasteiger partial charge on any atom is 0.271 e. The molecule has 102 valence electrons. The van der Waals surface area contributed by atoms with Crippen LogP contribution >= 0.6 is 11.6 Å². The van der Waals surface area contributed by atoms with E-state index in [4.69, 9.17) is 17.3 Å². The molecule has 7 heteroatoms. The highest BCUT2D eigenvalue weighted by atomic mass is 35.5. The molecule has 0 spiro atoms. The highest BCUT2D eigenvalue weighted by molar-refractivity contribution is 6.33. The first-order chi connectivity index (χ1) is 9.08. The zero-order chi connectivity index (χ0) is 13.8. The first kappa shape index (κ1) is 13.6. The number of nitrogens with zero attached hydrogens (tertiary/aromatic N) is 1. The van der Waals surface area contributed by atoms with Gasteiger partial charge in [0.25, 0.3) is 5.91 Å². The molecule has 0 radical (unpaired) electrons. The number of amides is 2. The summed E-state index contributed by atoms with van der Waals surface area (Å²) >= 11 is 5.86. The van der Waals surface area contributed by atoms with Crippen molar-refractivity contribution in [3.63, 3.8) is 0 Å². The predicted octanol–water partition coefficient (Wildman–Crippen LogP) is 0.573. The van der Waals surface area contributed by atoms with Gasteiger partial charge in [-0.3, -0.25) is 9.59 Å². The van der Waals surface area contributed by atoms with E-state index in [1.54, 1.807) is 0 Å². The number of carbonyl (C=O) groups is 2. The van der Waals surface area contributed by atoms with Gasteiger partial charge in [0.05, 0.1) is 5.02 Å². The van der Waals surface area contributed by atoms with E-state index < -0.39 is 5.91 Å². The topological polar surface area (TPSA) is 97.1 Å². The number of nitrogens with two attached hydrogens (primary N) is 1. The molecule has 1 aromatic rings. The molecular formula is C12H15ClN4O2. The third-order valence-corrected chi connectivity index (χ3v) is 3.05. The molecule has 2 amide bonds. The van der Waals surface area contributed by atoms with Crippen LogP contribution in [0.1, 0.15) is 23.3 Å². The highest BCUT2D eigenvalue weighted by Gasteiger charge is 2.29. The van der Waals surface area contributed by atoms with Gasteiger partial charge in [-0.05, 0) is 25.0 Å². The van der Waals surface area contributed by atoms with Crippen LogP contribution in [-0.4, -0.2) is 29.9 Å². The van der Waals surface area contributed by atoms with Crippen molar-refractivity contribution in [3.05, 3.63) is 22.8 Å². The molecule has 0 saturated heterocycles. The summed E-state index contributed by atoms with van der Waals surface area (Å²) in [6.45, 7) is 0.713. The molecule has 4 N–H and O–H groups in total. The van der Waals surface area contributed by atoms with Crippen molar-refractivity contribution in [2.24, 2.45) is 5.92 Å². The zero-order valence-corrected chi connectivity index (χ0v) is 11.0. The second-order valence-corrected chi connectivity index (χ2v) is 4.79. The molecule has 0 aliphatic heterocycles. The van der Waals surface area contributed by atoms with Crippen LogP contribution in [0.15, 0.2) is 12.1 Å². The van der Waals surface area contributed by atoms with E-state index in [1.807, 2.05) is 0 Å². The number of hydrogen-bond donors (Lipinski definition) is 3. The van der Waals surface area contributed by atoms with E-state index in [1.165, 1.54) is 12.1 Å². The minimum absolute atomic E-state index is 0.0503. The van der Waals surface area contributed by atoms with Crippen LogP contribution in [0.4, 0.5) is 5.82 Å². The van der Waals surface area contributed by atoms with E-state index >= 15 is 0 Å². The predicted molar refractivity (Wildman–Crippen MR) is 71.7 cm³/mol. The van der Waals surface area contributed by atoms with Crippen LogP contribution in [-0.2, 0) is 4.79 Å². The number of rotatable bonds is 5. The molecule has 0 unspecified atom stereocenters. The number of aromatic nitrogens is 1. The summed E-state index contributed by atoms with van der Waals surface area (Å²) in [7, 11) is 0. The van der Waals surface area contributed by atoms with Crippen molar-refractivity contribution in [1.29, 1.82) is 0 Å². The highest BCUT2D eigenvalue weighted by Crippen LogP contribution is 2.28. The molecule has 0 bridgehead atoms. The first-order valence-corrected chi connectivity index (χ1v) is 6.43. The number of nitrogens with one attached hydrogen (secondary N) is 2. The quantitative estimate of drug-likeness (QED) is 0.688. The molecule has 19 heavy (non-hydrogen) atoms. The Morgan fingerprint density at radius 1 is 1.32 bits per heavy atom. The smallest absolute Gasteiger partial charge is 0.271 e. The maximum atomic E-state index is 11.8. The second kappa shape index (κ2) is 5.88. The van der Waals surface area contributed by atoms with Gasteiger partial charge in [-0.2, -0.15) is 0 Å². The summed E-state index contributed by atoms with van der Waals surface area (Å²) in [6, 6.07) is 3.04. The van der Waals surface area contributed by atoms with Crippen LogP contribution in [0.2, 0.25) is 5.02 Å². The Morgan fingerprint density at radius 2 is 2.00 bits per heavy atom. The Hall–Kier alpha value is -1.82. The Kier molecular flexibility index (Phi) is 4.21. The standard InChI is InChI=1S/C12H15ClN4O2/c13-8-3-4-9(14)17-10(8)12(19)16-6-5-15-11(18)7-1-2-7/h3-4,7H,1-2,5-6H2,(H2,14,17)(H,15,18)(H,16,19). The van der Waals surface area contributed by atoms with Gasteiger partial charge in [0.2, 0.25) is 5.91 Å². The Morgan fingerprint density at radius 3 is 2.68 bits per heavy atom. The van der Waals surface area contributed by atoms with E-state index in [-0.39, 0.29) is 28.4 Å². The summed E-state index contributed by atoms with van der Waals surface area (Å²) in [4.78, 5) is 27.0. The second-order valence-electron chi connectivity index (χ2n) is 4.39. The number of nitrogen functional groups attached to an aromatic ring is 1. The largest absolute Gasteiger partial charge is 0.384 e. The molecular weight excluding hydrogens is 268 g/mol. The summed E-state index contributed by atoms with van der Waals surface area (Å²) in [5.74, 6) is 0.0460. The lowest BCUT2D eigenvalue weighted by Gasteiger charge is -2.07. The molecule has 1 aromatic heterocycles. The van der Waals surface area contributed by atoms with Crippen LogP contribution in [0.25, 0.3) is 0 Å². The van der Waals surface area contributed by atoms with Gasteiger partial charge in [-0.15, -0.1) is 0 Å². The Bertz CT molecular complexity index is 503. The monoisotopic (exact) mass is 282 g/mol. The van der Waals surface area contributed by atoms with Gasteiger partial charge >= 0.3 is 0 Å². The van der Waals surface area contributed by atoms with Crippen LogP contribution < -0.4 is 16.4 Å². The first-order valence-electron chi connectivity index (χ1n) is 6.06. The molecule has 6 nitrogen and oxygen atoms in total. The number of carbonyl (C=O) groups excluding carboxylic acids is 2. The molecule has 1 aliphatic carbocycles. The van der Waals surface area contributed by atoms with Crippen LogP contribution in [0.3, 0.4) is 0 Å². The molecule has 1 heterocycles. The lowest BCUT2D eigenvalue weighted by molar-refractivity contribution is -0.122. The van der Waals surface area contributed by atoms with Crippen LogP contribution in [0.5, 0.6) is 0 Å². The number of halogens is 1. The fourth-order valence-corrected chi connectivity index (χ4v) is 1.74. The normalized spacial score (nSPS) is 13.9. The fraction of sp³-hybridized carbons (Fsp3) is 0.417. The third-order valence-electron chi connectivity index (χ3n) is 2.74. The van der Waals surface area contributed by atoms with E-state index in [9.17, 15) is 9.59 Å². The SMILES string of the molecule is Nc1ccc(Cl)c(C(=O)NCCNC(=O)C2CC2)n1. The van der Waals surface area contributed by atoms with Gasteiger partial charge in [0.15, 0.2) is 0 Å². The minimum atomic E-state index is -0.405. The molecule has 1 aliphatic rings. The summed E-state index contributed by atoms with van der Waals surface area (Å²) in [5, 5.41) is 5.62. The van der Waals surface area contributed by atoms with Crippen molar-refractivity contribution in [2.75, 3.05) is 18.8 Å². The minimum Gasteiger partial charge on any atom is -0.384 e. The molecule has 2 rings (SSSR count). The van der Waals surface area contributed by atoms with Crippen molar-refractivity contribution < 1.29 is 9.59 Å². The van der Waals surface area contributed by atoms with Gasteiger partial charge < -0.3 is 16.4 Å². The number of pyridine rings is 1. The summed E-state index contributed by atoms with van der Waals surface area (Å²) < 4.78 is 0. The average Bonchev–Trinajstić information content (AvgIpc) is 3.21. The van der Waals surface area contributed by atoms with Gasteiger partial charge in [0.1, 0.15) is 11.5 Å². The lowest BCUT2D eigenvalue weighted by Crippen LogP contribution is -2.35. The Balaban J connectivity index is 1.77. The van der Waals surface area contributed by atoms with Crippen molar-refractivity contribution in [2.45, 2.75) is 12.8 Å². The number of anilines is 1. The van der Waals surface area contributed by atoms with Crippen molar-refractivity contribution in [1.82, 2.24) is 15.6 Å². The van der Waals surface area contributed by atoms with Gasteiger partial charge in [-0.25, -0.2) is 4.98 Å². The lowest BCUT2D eigenvalue weighted by atomic mass is 10.3. The maximum absolute atomic E-state index is 11.8. The van der Waals surface area contributed by atoms with Gasteiger partial charge in [0, 0.05) is 19.0 Å². The van der Waals surface area contributed by atoms with E-state index in [2.05, 4.69) is 15.6 Å². The zero-order valence-electron chi connectivity index (χ0n) is 10.3. The third kappa shape index (κ3) is 3.82. The summed E-state index contributed by atoms with van der Waals surface area (Å²) in [5.41, 5.74) is 5.59. The van der Waals surface area contributed by atoms with Crippen molar-refractivity contribution >= 4 is 29.2 Å². The average molecular weight is 283 g/mol. The fourth-order valence-electron chi connectivity index (χ4n) is 1.55. The van der Waals surface area contributed by atoms with E-state index in [0.717, 1.165) is 12.8 Å². The molecule has 0 atom stereocenters. The van der Waals surface area contributed by atoms with E-state index in [0.29, 0.717) is 13.1 Å². The number of hydrogen-bond acceptors (Lipinski definition) is 4. The van der Waals surface area contributed by atoms with Crippen LogP contribution in [0, 0.1) is 5.92 Å². The van der Waals surface area contributed by atoms with Gasteiger partial charge in [-0.1, -0.05) is 11.6 Å². The summed E-state index contributed by atoms with van der Waals surface area (Å²) in [6.07, 6.45) is 1.92. The molecule has 0 aromatic carbocycles. The molecule has 1 saturated carbocycles.